The summed E-state index contributed by atoms with van der Waals surface area (Å²) < 4.78 is 6.07. The number of aromatic carboxylic acids is 1. The van der Waals surface area contributed by atoms with Crippen molar-refractivity contribution in [1.82, 2.24) is 4.98 Å². The van der Waals surface area contributed by atoms with Gasteiger partial charge in [0.05, 0.1) is 16.4 Å². The lowest BCUT2D eigenvalue weighted by Crippen LogP contribution is -1.98. The van der Waals surface area contributed by atoms with Gasteiger partial charge in [0, 0.05) is 0 Å². The molecule has 2 heterocycles. The Balaban J connectivity index is 2.47. The summed E-state index contributed by atoms with van der Waals surface area (Å²) in [6, 6.07) is 1.76. The molecule has 0 bridgehead atoms. The summed E-state index contributed by atoms with van der Waals surface area (Å²) in [7, 11) is 0. The molecule has 0 spiro atoms. The maximum absolute atomic E-state index is 11.1. The average molecular weight is 316 g/mol. The monoisotopic (exact) mass is 315 g/mol. The van der Waals surface area contributed by atoms with Crippen LogP contribution in [0.5, 0.6) is 0 Å². The van der Waals surface area contributed by atoms with Gasteiger partial charge in [0.25, 0.3) is 0 Å². The summed E-state index contributed by atoms with van der Waals surface area (Å²) >= 11 is 4.48. The minimum Gasteiger partial charge on any atom is -0.477 e. The van der Waals surface area contributed by atoms with Gasteiger partial charge < -0.3 is 9.52 Å². The van der Waals surface area contributed by atoms with Crippen molar-refractivity contribution < 1.29 is 14.3 Å². The zero-order valence-electron chi connectivity index (χ0n) is 9.07. The third kappa shape index (κ3) is 2.42. The molecule has 0 saturated heterocycles. The van der Waals surface area contributed by atoms with Gasteiger partial charge in [-0.1, -0.05) is 13.3 Å². The summed E-state index contributed by atoms with van der Waals surface area (Å²) in [6.07, 6.45) is 3.07. The lowest BCUT2D eigenvalue weighted by atomic mass is 10.2. The minimum atomic E-state index is -0.931. The van der Waals surface area contributed by atoms with Crippen molar-refractivity contribution in [2.45, 2.75) is 19.8 Å². The fraction of sp³-hybridized carbons (Fsp3) is 0.273. The number of carbonyl (C=O) groups is 1. The maximum Gasteiger partial charge on any atom is 0.347 e. The molecule has 0 amide bonds. The standard InChI is InChI=1S/C11H10BrNO3S/c1-2-3-7-9(11(14)15)17-10(13-7)8-6(12)4-5-16-8/h4-5H,2-3H2,1H3,(H,14,15). The van der Waals surface area contributed by atoms with Gasteiger partial charge in [-0.25, -0.2) is 9.78 Å². The lowest BCUT2D eigenvalue weighted by molar-refractivity contribution is 0.0700. The number of halogens is 1. The second-order valence-electron chi connectivity index (χ2n) is 3.45. The Kier molecular flexibility index (Phi) is 3.63. The van der Waals surface area contributed by atoms with Crippen LogP contribution in [0.1, 0.15) is 28.7 Å². The van der Waals surface area contributed by atoms with E-state index in [0.717, 1.165) is 22.2 Å². The van der Waals surface area contributed by atoms with Gasteiger partial charge in [0.15, 0.2) is 10.8 Å². The summed E-state index contributed by atoms with van der Waals surface area (Å²) in [5, 5.41) is 9.70. The normalized spacial score (nSPS) is 10.7. The van der Waals surface area contributed by atoms with Crippen LogP contribution in [-0.4, -0.2) is 16.1 Å². The van der Waals surface area contributed by atoms with Crippen LogP contribution in [0.15, 0.2) is 21.2 Å². The number of thiazole rings is 1. The molecule has 0 saturated carbocycles. The molecule has 0 aliphatic carbocycles. The van der Waals surface area contributed by atoms with Crippen LogP contribution in [0, 0.1) is 0 Å². The predicted octanol–water partition coefficient (Wildman–Crippen LogP) is 3.82. The van der Waals surface area contributed by atoms with E-state index in [1.165, 1.54) is 0 Å². The molecule has 2 aromatic rings. The van der Waals surface area contributed by atoms with Crippen molar-refractivity contribution in [1.29, 1.82) is 0 Å². The molecule has 0 radical (unpaired) electrons. The zero-order valence-corrected chi connectivity index (χ0v) is 11.5. The second-order valence-corrected chi connectivity index (χ2v) is 5.30. The van der Waals surface area contributed by atoms with E-state index in [-0.39, 0.29) is 0 Å². The number of nitrogens with zero attached hydrogens (tertiary/aromatic N) is 1. The molecule has 90 valence electrons. The van der Waals surface area contributed by atoms with Gasteiger partial charge in [-0.3, -0.25) is 0 Å². The van der Waals surface area contributed by atoms with Crippen LogP contribution in [0.3, 0.4) is 0 Å². The molecule has 6 heteroatoms. The molecule has 0 fully saturated rings. The van der Waals surface area contributed by atoms with E-state index in [0.29, 0.717) is 27.8 Å². The number of carboxylic acid groups (broad SMARTS) is 1. The highest BCUT2D eigenvalue weighted by Crippen LogP contribution is 2.34. The predicted molar refractivity (Wildman–Crippen MR) is 68.5 cm³/mol. The van der Waals surface area contributed by atoms with Crippen LogP contribution in [0.25, 0.3) is 10.8 Å². The Hall–Kier alpha value is -1.14. The van der Waals surface area contributed by atoms with Crippen molar-refractivity contribution in [2.75, 3.05) is 0 Å². The lowest BCUT2D eigenvalue weighted by Gasteiger charge is -1.93. The van der Waals surface area contributed by atoms with E-state index in [4.69, 9.17) is 9.52 Å². The van der Waals surface area contributed by atoms with Crippen molar-refractivity contribution in [2.24, 2.45) is 0 Å². The van der Waals surface area contributed by atoms with E-state index in [1.807, 2.05) is 6.92 Å². The highest BCUT2D eigenvalue weighted by atomic mass is 79.9. The highest BCUT2D eigenvalue weighted by molar-refractivity contribution is 9.10. The van der Waals surface area contributed by atoms with Crippen molar-refractivity contribution in [3.8, 4) is 10.8 Å². The molecule has 0 aliphatic rings. The Morgan fingerprint density at radius 1 is 1.65 bits per heavy atom. The van der Waals surface area contributed by atoms with Crippen LogP contribution >= 0.6 is 27.3 Å². The smallest absolute Gasteiger partial charge is 0.347 e. The van der Waals surface area contributed by atoms with E-state index in [1.54, 1.807) is 12.3 Å². The van der Waals surface area contributed by atoms with E-state index in [9.17, 15) is 4.79 Å². The molecule has 0 aromatic carbocycles. The van der Waals surface area contributed by atoms with Gasteiger partial charge in [-0.05, 0) is 28.4 Å². The number of aromatic nitrogens is 1. The number of rotatable bonds is 4. The number of hydrogen-bond acceptors (Lipinski definition) is 4. The van der Waals surface area contributed by atoms with Crippen molar-refractivity contribution >= 4 is 33.2 Å². The molecule has 17 heavy (non-hydrogen) atoms. The summed E-state index contributed by atoms with van der Waals surface area (Å²) in [5.41, 5.74) is 0.628. The summed E-state index contributed by atoms with van der Waals surface area (Å²) in [4.78, 5) is 15.7. The molecule has 4 nitrogen and oxygen atoms in total. The SMILES string of the molecule is CCCc1nc(-c2occc2Br)sc1C(=O)O. The third-order valence-corrected chi connectivity index (χ3v) is 3.90. The fourth-order valence-corrected chi connectivity index (χ4v) is 2.94. The largest absolute Gasteiger partial charge is 0.477 e. The first-order valence-electron chi connectivity index (χ1n) is 5.09. The third-order valence-electron chi connectivity index (χ3n) is 2.19. The van der Waals surface area contributed by atoms with E-state index >= 15 is 0 Å². The van der Waals surface area contributed by atoms with Crippen LogP contribution in [0.4, 0.5) is 0 Å². The van der Waals surface area contributed by atoms with Crippen LogP contribution in [-0.2, 0) is 6.42 Å². The van der Waals surface area contributed by atoms with Crippen molar-refractivity contribution in [3.05, 3.63) is 27.4 Å². The summed E-state index contributed by atoms with van der Waals surface area (Å²) in [5.74, 6) is -0.347. The first-order valence-corrected chi connectivity index (χ1v) is 6.70. The number of furan rings is 1. The molecule has 0 atom stereocenters. The van der Waals surface area contributed by atoms with Gasteiger partial charge in [-0.2, -0.15) is 0 Å². The van der Waals surface area contributed by atoms with Gasteiger partial charge in [0.2, 0.25) is 0 Å². The fourth-order valence-electron chi connectivity index (χ4n) is 1.47. The van der Waals surface area contributed by atoms with Crippen LogP contribution < -0.4 is 0 Å². The Labute approximate surface area is 110 Å². The van der Waals surface area contributed by atoms with Crippen LogP contribution in [0.2, 0.25) is 0 Å². The van der Waals surface area contributed by atoms with E-state index in [2.05, 4.69) is 20.9 Å². The minimum absolute atomic E-state index is 0.296. The van der Waals surface area contributed by atoms with Crippen molar-refractivity contribution in [3.63, 3.8) is 0 Å². The number of aryl methyl sites for hydroxylation is 1. The second kappa shape index (κ2) is 5.01. The zero-order chi connectivity index (χ0) is 12.4. The molecular formula is C11H10BrNO3S. The first-order chi connectivity index (χ1) is 8.13. The quantitative estimate of drug-likeness (QED) is 0.931. The average Bonchev–Trinajstić information content (AvgIpc) is 2.84. The maximum atomic E-state index is 11.1. The van der Waals surface area contributed by atoms with Gasteiger partial charge >= 0.3 is 5.97 Å². The number of hydrogen-bond donors (Lipinski definition) is 1. The van der Waals surface area contributed by atoms with E-state index < -0.39 is 5.97 Å². The molecular weight excluding hydrogens is 306 g/mol. The molecule has 2 rings (SSSR count). The first kappa shape index (κ1) is 12.3. The highest BCUT2D eigenvalue weighted by Gasteiger charge is 2.20. The van der Waals surface area contributed by atoms with Gasteiger partial charge in [-0.15, -0.1) is 11.3 Å². The molecule has 2 aromatic heterocycles. The number of carboxylic acids is 1. The Morgan fingerprint density at radius 2 is 2.41 bits per heavy atom. The Morgan fingerprint density at radius 3 is 2.94 bits per heavy atom. The molecule has 0 unspecified atom stereocenters. The molecule has 0 aliphatic heterocycles. The Bertz CT molecular complexity index is 547. The topological polar surface area (TPSA) is 63.3 Å². The van der Waals surface area contributed by atoms with Gasteiger partial charge in [0.1, 0.15) is 4.88 Å². The summed E-state index contributed by atoms with van der Waals surface area (Å²) in [6.45, 7) is 1.99. The molecule has 1 N–H and O–H groups in total.